The normalized spacial score (nSPS) is 13.5. The summed E-state index contributed by atoms with van der Waals surface area (Å²) in [5.74, 6) is -0.459. The molecule has 0 unspecified atom stereocenters. The summed E-state index contributed by atoms with van der Waals surface area (Å²) in [5.41, 5.74) is -0.440. The lowest BCUT2D eigenvalue weighted by atomic mass is 10.1. The van der Waals surface area contributed by atoms with E-state index in [1.807, 2.05) is 0 Å². The third-order valence-corrected chi connectivity index (χ3v) is 2.85. The van der Waals surface area contributed by atoms with E-state index < -0.39 is 10.8 Å². The maximum atomic E-state index is 12.1. The Hall–Kier alpha value is -3.43. The van der Waals surface area contributed by atoms with Crippen molar-refractivity contribution in [1.29, 1.82) is 0 Å². The van der Waals surface area contributed by atoms with Crippen molar-refractivity contribution in [3.63, 3.8) is 0 Å². The molecule has 2 heterocycles. The summed E-state index contributed by atoms with van der Waals surface area (Å²) in [7, 11) is 0. The third kappa shape index (κ3) is 3.10. The van der Waals surface area contributed by atoms with Crippen LogP contribution in [0.15, 0.2) is 34.9 Å². The van der Waals surface area contributed by atoms with Gasteiger partial charge >= 0.3 is 6.01 Å². The summed E-state index contributed by atoms with van der Waals surface area (Å²) in [6, 6.07) is 5.32. The predicted octanol–water partition coefficient (Wildman–Crippen LogP) is 1.58. The Morgan fingerprint density at radius 3 is 2.83 bits per heavy atom. The third-order valence-electron chi connectivity index (χ3n) is 2.85. The highest BCUT2D eigenvalue weighted by molar-refractivity contribution is 6.06. The maximum Gasteiger partial charge on any atom is 0.322 e. The van der Waals surface area contributed by atoms with Crippen LogP contribution in [0.25, 0.3) is 5.76 Å². The molecule has 0 radical (unpaired) electrons. The van der Waals surface area contributed by atoms with Crippen LogP contribution in [0.2, 0.25) is 0 Å². The van der Waals surface area contributed by atoms with Crippen molar-refractivity contribution in [2.24, 2.45) is 0 Å². The number of para-hydroxylation sites is 1. The van der Waals surface area contributed by atoms with Crippen LogP contribution < -0.4 is 5.32 Å². The van der Waals surface area contributed by atoms with E-state index >= 15 is 0 Å². The van der Waals surface area contributed by atoms with E-state index in [0.29, 0.717) is 13.2 Å². The summed E-state index contributed by atoms with van der Waals surface area (Å²) >= 11 is 0. The maximum absolute atomic E-state index is 12.1. The Bertz CT molecular complexity index is 784. The lowest BCUT2D eigenvalue weighted by molar-refractivity contribution is -0.385. The fourth-order valence-corrected chi connectivity index (χ4v) is 1.84. The van der Waals surface area contributed by atoms with Gasteiger partial charge in [-0.05, 0) is 6.07 Å². The number of hydrogen-bond acceptors (Lipinski definition) is 8. The zero-order valence-electron chi connectivity index (χ0n) is 11.6. The van der Waals surface area contributed by atoms with Crippen molar-refractivity contribution in [3.8, 4) is 0 Å². The molecule has 0 spiro atoms. The van der Waals surface area contributed by atoms with Gasteiger partial charge in [0.1, 0.15) is 25.0 Å². The van der Waals surface area contributed by atoms with E-state index in [0.717, 1.165) is 0 Å². The van der Waals surface area contributed by atoms with Gasteiger partial charge in [0.25, 0.3) is 17.5 Å². The number of nitrogens with one attached hydrogen (secondary N) is 1. The molecule has 118 valence electrons. The van der Waals surface area contributed by atoms with E-state index in [4.69, 9.17) is 13.9 Å². The van der Waals surface area contributed by atoms with E-state index in [1.165, 1.54) is 30.5 Å². The second kappa shape index (κ2) is 6.13. The van der Waals surface area contributed by atoms with Gasteiger partial charge in [-0.2, -0.15) is 0 Å². The number of anilines is 1. The van der Waals surface area contributed by atoms with Crippen LogP contribution in [0.1, 0.15) is 16.2 Å². The number of rotatable bonds is 4. The van der Waals surface area contributed by atoms with E-state index in [9.17, 15) is 14.9 Å². The van der Waals surface area contributed by atoms with Gasteiger partial charge in [0, 0.05) is 6.07 Å². The molecule has 1 amide bonds. The number of ether oxygens (including phenoxy) is 2. The van der Waals surface area contributed by atoms with Gasteiger partial charge in [-0.15, -0.1) is 5.10 Å². The van der Waals surface area contributed by atoms with Crippen LogP contribution in [0.3, 0.4) is 0 Å². The van der Waals surface area contributed by atoms with Crippen LogP contribution in [0.4, 0.5) is 11.7 Å². The number of nitrogens with zero attached hydrogens (tertiary/aromatic N) is 3. The molecule has 3 rings (SSSR count). The lowest BCUT2D eigenvalue weighted by Crippen LogP contribution is -2.14. The molecular weight excluding hydrogens is 308 g/mol. The molecule has 0 bridgehead atoms. The standard InChI is InChI=1S/C13H10N4O6/c18-11(8-3-1-2-4-9(8)17(19)20)14-13-16-15-12(23-13)10-7-21-5-6-22-10/h1-4,7H,5-6H2,(H,14,16,18). The zero-order valence-corrected chi connectivity index (χ0v) is 11.6. The fourth-order valence-electron chi connectivity index (χ4n) is 1.84. The summed E-state index contributed by atoms with van der Waals surface area (Å²) in [5, 5.41) is 20.6. The molecule has 2 aromatic rings. The Kier molecular flexibility index (Phi) is 3.87. The molecule has 1 N–H and O–H groups in total. The highest BCUT2D eigenvalue weighted by Gasteiger charge is 2.22. The molecule has 1 aliphatic heterocycles. The Morgan fingerprint density at radius 2 is 2.09 bits per heavy atom. The SMILES string of the molecule is O=C(Nc1nnc(C2=COCCO2)o1)c1ccccc1[N+](=O)[O-]. The summed E-state index contributed by atoms with van der Waals surface area (Å²) in [6.07, 6.45) is 1.32. The molecular formula is C13H10N4O6. The van der Waals surface area contributed by atoms with Gasteiger partial charge < -0.3 is 13.9 Å². The number of nitro groups is 1. The van der Waals surface area contributed by atoms with Crippen LogP contribution >= 0.6 is 0 Å². The van der Waals surface area contributed by atoms with Gasteiger partial charge in [0.05, 0.1) is 4.92 Å². The first kappa shape index (κ1) is 14.5. The topological polar surface area (TPSA) is 130 Å². The number of carbonyl (C=O) groups excluding carboxylic acids is 1. The molecule has 0 fully saturated rings. The molecule has 0 saturated carbocycles. The van der Waals surface area contributed by atoms with Crippen molar-refractivity contribution in [1.82, 2.24) is 10.2 Å². The highest BCUT2D eigenvalue weighted by atomic mass is 16.6. The average Bonchev–Trinajstić information content (AvgIpc) is 3.04. The molecule has 0 saturated heterocycles. The van der Waals surface area contributed by atoms with Gasteiger partial charge in [0.2, 0.25) is 5.76 Å². The van der Waals surface area contributed by atoms with Crippen molar-refractivity contribution in [3.05, 3.63) is 52.1 Å². The fraction of sp³-hybridized carbons (Fsp3) is 0.154. The second-order valence-electron chi connectivity index (χ2n) is 4.34. The van der Waals surface area contributed by atoms with Gasteiger partial charge in [-0.1, -0.05) is 17.2 Å². The first-order chi connectivity index (χ1) is 11.1. The number of amides is 1. The molecule has 0 aliphatic carbocycles. The second-order valence-corrected chi connectivity index (χ2v) is 4.34. The first-order valence-electron chi connectivity index (χ1n) is 6.48. The minimum Gasteiger partial charge on any atom is -0.494 e. The van der Waals surface area contributed by atoms with Crippen molar-refractivity contribution < 1.29 is 23.6 Å². The molecule has 1 aliphatic rings. The minimum atomic E-state index is -0.734. The van der Waals surface area contributed by atoms with Crippen LogP contribution in [0, 0.1) is 10.1 Å². The molecule has 0 atom stereocenters. The van der Waals surface area contributed by atoms with Gasteiger partial charge in [-0.3, -0.25) is 20.2 Å². The lowest BCUT2D eigenvalue weighted by Gasteiger charge is -2.11. The van der Waals surface area contributed by atoms with E-state index in [1.54, 1.807) is 0 Å². The van der Waals surface area contributed by atoms with Gasteiger partial charge in [-0.25, -0.2) is 0 Å². The molecule has 10 nitrogen and oxygen atoms in total. The Balaban J connectivity index is 1.78. The molecule has 10 heteroatoms. The zero-order chi connectivity index (χ0) is 16.2. The molecule has 1 aromatic carbocycles. The largest absolute Gasteiger partial charge is 0.494 e. The number of nitro benzene ring substituents is 1. The first-order valence-corrected chi connectivity index (χ1v) is 6.48. The van der Waals surface area contributed by atoms with Crippen LogP contribution in [-0.2, 0) is 9.47 Å². The van der Waals surface area contributed by atoms with E-state index in [2.05, 4.69) is 15.5 Å². The van der Waals surface area contributed by atoms with Crippen molar-refractivity contribution >= 4 is 23.4 Å². The molecule has 1 aromatic heterocycles. The Morgan fingerprint density at radius 1 is 1.26 bits per heavy atom. The van der Waals surface area contributed by atoms with E-state index in [-0.39, 0.29) is 28.9 Å². The smallest absolute Gasteiger partial charge is 0.322 e. The van der Waals surface area contributed by atoms with Crippen molar-refractivity contribution in [2.45, 2.75) is 0 Å². The summed E-state index contributed by atoms with van der Waals surface area (Å²) in [4.78, 5) is 22.4. The highest BCUT2D eigenvalue weighted by Crippen LogP contribution is 2.21. The van der Waals surface area contributed by atoms with Crippen LogP contribution in [-0.4, -0.2) is 34.2 Å². The predicted molar refractivity (Wildman–Crippen MR) is 75.2 cm³/mol. The number of carbonyl (C=O) groups is 1. The molecule has 23 heavy (non-hydrogen) atoms. The number of aromatic nitrogens is 2. The summed E-state index contributed by atoms with van der Waals surface area (Å²) in [6.45, 7) is 0.755. The van der Waals surface area contributed by atoms with Gasteiger partial charge in [0.15, 0.2) is 0 Å². The summed E-state index contributed by atoms with van der Waals surface area (Å²) < 4.78 is 15.5. The average molecular weight is 318 g/mol. The number of benzene rings is 1. The monoisotopic (exact) mass is 318 g/mol. The quantitative estimate of drug-likeness (QED) is 0.664. The van der Waals surface area contributed by atoms with Crippen molar-refractivity contribution in [2.75, 3.05) is 18.5 Å². The van der Waals surface area contributed by atoms with Crippen LogP contribution in [0.5, 0.6) is 0 Å². The number of hydrogen-bond donors (Lipinski definition) is 1. The Labute approximate surface area is 128 Å². The minimum absolute atomic E-state index is 0.0301.